The van der Waals surface area contributed by atoms with E-state index in [1.807, 2.05) is 7.05 Å². The van der Waals surface area contributed by atoms with Crippen LogP contribution >= 0.6 is 0 Å². The number of ether oxygens (including phenoxy) is 1. The van der Waals surface area contributed by atoms with Crippen LogP contribution in [0.1, 0.15) is 13.8 Å². The fourth-order valence-electron chi connectivity index (χ4n) is 1.42. The first-order valence-electron chi connectivity index (χ1n) is 6.45. The van der Waals surface area contributed by atoms with Gasteiger partial charge in [0.1, 0.15) is 5.82 Å². The average Bonchev–Trinajstić information content (AvgIpc) is 2.37. The van der Waals surface area contributed by atoms with Gasteiger partial charge < -0.3 is 15.0 Å². The highest BCUT2D eigenvalue weighted by Gasteiger charge is 2.08. The van der Waals surface area contributed by atoms with E-state index in [4.69, 9.17) is 4.74 Å². The number of nitrogens with zero attached hydrogens (tertiary/aromatic N) is 1. The summed E-state index contributed by atoms with van der Waals surface area (Å²) in [4.78, 5) is 13.6. The molecular weight excluding hydrogens is 266 g/mol. The van der Waals surface area contributed by atoms with Crippen molar-refractivity contribution in [2.75, 3.05) is 26.7 Å². The smallest absolute Gasteiger partial charge is 0.257 e. The molecule has 1 aromatic carbocycles. The Labute approximate surface area is 117 Å². The summed E-state index contributed by atoms with van der Waals surface area (Å²) in [7, 11) is 1.96. The standard InChI is InChI=1S/C14H20F2N2O2/c1-10(2)18(3)7-6-17-14(19)9-20-13-5-4-11(15)8-12(13)16/h4-5,8,10H,6-7,9H2,1-3H3,(H,17,19). The van der Waals surface area contributed by atoms with E-state index in [-0.39, 0.29) is 18.3 Å². The molecule has 0 saturated carbocycles. The lowest BCUT2D eigenvalue weighted by Gasteiger charge is -2.20. The molecule has 0 fully saturated rings. The number of likely N-dealkylation sites (N-methyl/N-ethyl adjacent to an activating group) is 1. The fourth-order valence-corrected chi connectivity index (χ4v) is 1.42. The lowest BCUT2D eigenvalue weighted by Crippen LogP contribution is -2.37. The first-order chi connectivity index (χ1) is 9.40. The number of amides is 1. The number of carbonyl (C=O) groups is 1. The second kappa shape index (κ2) is 7.79. The van der Waals surface area contributed by atoms with E-state index in [9.17, 15) is 13.6 Å². The van der Waals surface area contributed by atoms with Gasteiger partial charge in [-0.15, -0.1) is 0 Å². The molecule has 0 atom stereocenters. The normalized spacial score (nSPS) is 10.9. The number of hydrogen-bond acceptors (Lipinski definition) is 3. The third kappa shape index (κ3) is 5.52. The number of carbonyl (C=O) groups excluding carboxylic acids is 1. The minimum absolute atomic E-state index is 0.138. The molecule has 0 saturated heterocycles. The molecule has 0 bridgehead atoms. The number of rotatable bonds is 7. The van der Waals surface area contributed by atoms with Gasteiger partial charge in [0, 0.05) is 25.2 Å². The third-order valence-corrected chi connectivity index (χ3v) is 2.92. The predicted molar refractivity (Wildman–Crippen MR) is 72.6 cm³/mol. The Kier molecular flexibility index (Phi) is 6.38. The van der Waals surface area contributed by atoms with Gasteiger partial charge in [-0.2, -0.15) is 0 Å². The van der Waals surface area contributed by atoms with Crippen molar-refractivity contribution < 1.29 is 18.3 Å². The summed E-state index contributed by atoms with van der Waals surface area (Å²) >= 11 is 0. The summed E-state index contributed by atoms with van der Waals surface area (Å²) in [6.07, 6.45) is 0. The monoisotopic (exact) mass is 286 g/mol. The number of hydrogen-bond donors (Lipinski definition) is 1. The molecule has 112 valence electrons. The zero-order valence-corrected chi connectivity index (χ0v) is 12.0. The number of benzene rings is 1. The zero-order chi connectivity index (χ0) is 15.1. The highest BCUT2D eigenvalue weighted by Crippen LogP contribution is 2.17. The molecule has 1 aromatic rings. The van der Waals surface area contributed by atoms with Crippen molar-refractivity contribution in [3.63, 3.8) is 0 Å². The lowest BCUT2D eigenvalue weighted by molar-refractivity contribution is -0.123. The van der Waals surface area contributed by atoms with Crippen LogP contribution in [0.25, 0.3) is 0 Å². The van der Waals surface area contributed by atoms with Gasteiger partial charge in [0.15, 0.2) is 18.2 Å². The summed E-state index contributed by atoms with van der Waals surface area (Å²) in [5.41, 5.74) is 0. The zero-order valence-electron chi connectivity index (χ0n) is 12.0. The Balaban J connectivity index is 2.29. The SMILES string of the molecule is CC(C)N(C)CCNC(=O)COc1ccc(F)cc1F. The van der Waals surface area contributed by atoms with Gasteiger partial charge in [-0.1, -0.05) is 0 Å². The first-order valence-corrected chi connectivity index (χ1v) is 6.45. The van der Waals surface area contributed by atoms with Gasteiger partial charge >= 0.3 is 0 Å². The Hall–Kier alpha value is -1.69. The van der Waals surface area contributed by atoms with Gasteiger partial charge in [-0.05, 0) is 33.0 Å². The lowest BCUT2D eigenvalue weighted by atomic mass is 10.3. The molecule has 0 aromatic heterocycles. The van der Waals surface area contributed by atoms with E-state index in [1.54, 1.807) is 0 Å². The molecule has 0 unspecified atom stereocenters. The van der Waals surface area contributed by atoms with Crippen molar-refractivity contribution in [3.8, 4) is 5.75 Å². The molecule has 1 N–H and O–H groups in total. The number of halogens is 2. The van der Waals surface area contributed by atoms with Crippen LogP contribution in [0.15, 0.2) is 18.2 Å². The third-order valence-electron chi connectivity index (χ3n) is 2.92. The Morgan fingerprint density at radius 1 is 1.40 bits per heavy atom. The second-order valence-corrected chi connectivity index (χ2v) is 4.79. The molecule has 4 nitrogen and oxygen atoms in total. The molecule has 0 heterocycles. The summed E-state index contributed by atoms with van der Waals surface area (Å²) in [6, 6.07) is 3.35. The van der Waals surface area contributed by atoms with Crippen molar-refractivity contribution in [3.05, 3.63) is 29.8 Å². The largest absolute Gasteiger partial charge is 0.481 e. The van der Waals surface area contributed by atoms with Crippen molar-refractivity contribution in [2.45, 2.75) is 19.9 Å². The Morgan fingerprint density at radius 3 is 2.70 bits per heavy atom. The van der Waals surface area contributed by atoms with E-state index in [1.165, 1.54) is 0 Å². The van der Waals surface area contributed by atoms with Crippen LogP contribution in [-0.2, 0) is 4.79 Å². The van der Waals surface area contributed by atoms with Gasteiger partial charge in [-0.3, -0.25) is 4.79 Å². The summed E-state index contributed by atoms with van der Waals surface area (Å²) in [6.45, 7) is 5.02. The highest BCUT2D eigenvalue weighted by atomic mass is 19.1. The quantitative estimate of drug-likeness (QED) is 0.831. The minimum Gasteiger partial charge on any atom is -0.481 e. The fraction of sp³-hybridized carbons (Fsp3) is 0.500. The van der Waals surface area contributed by atoms with Gasteiger partial charge in [0.25, 0.3) is 5.91 Å². The average molecular weight is 286 g/mol. The molecule has 0 aliphatic carbocycles. The van der Waals surface area contributed by atoms with Crippen LogP contribution in [0.2, 0.25) is 0 Å². The van der Waals surface area contributed by atoms with E-state index >= 15 is 0 Å². The summed E-state index contributed by atoms with van der Waals surface area (Å²) < 4.78 is 30.9. The molecule has 0 radical (unpaired) electrons. The maximum absolute atomic E-state index is 13.2. The van der Waals surface area contributed by atoms with E-state index in [0.29, 0.717) is 25.2 Å². The van der Waals surface area contributed by atoms with Gasteiger partial charge in [-0.25, -0.2) is 8.78 Å². The Bertz CT molecular complexity index is 453. The molecule has 6 heteroatoms. The molecule has 1 amide bonds. The van der Waals surface area contributed by atoms with Crippen LogP contribution in [0.5, 0.6) is 5.75 Å². The molecule has 20 heavy (non-hydrogen) atoms. The van der Waals surface area contributed by atoms with Crippen LogP contribution in [-0.4, -0.2) is 43.6 Å². The van der Waals surface area contributed by atoms with Gasteiger partial charge in [0.2, 0.25) is 0 Å². The van der Waals surface area contributed by atoms with E-state index in [0.717, 1.165) is 12.1 Å². The summed E-state index contributed by atoms with van der Waals surface area (Å²) in [5, 5.41) is 2.67. The van der Waals surface area contributed by atoms with Crippen LogP contribution < -0.4 is 10.1 Å². The van der Waals surface area contributed by atoms with Crippen molar-refractivity contribution >= 4 is 5.91 Å². The Morgan fingerprint density at radius 2 is 2.10 bits per heavy atom. The predicted octanol–water partition coefficient (Wildman–Crippen LogP) is 1.80. The maximum Gasteiger partial charge on any atom is 0.257 e. The molecule has 1 rings (SSSR count). The molecular formula is C14H20F2N2O2. The van der Waals surface area contributed by atoms with Gasteiger partial charge in [0.05, 0.1) is 0 Å². The minimum atomic E-state index is -0.822. The first kappa shape index (κ1) is 16.4. The van der Waals surface area contributed by atoms with Crippen molar-refractivity contribution in [1.82, 2.24) is 10.2 Å². The molecule has 0 aliphatic rings. The second-order valence-electron chi connectivity index (χ2n) is 4.79. The van der Waals surface area contributed by atoms with Crippen LogP contribution in [0.3, 0.4) is 0 Å². The van der Waals surface area contributed by atoms with Crippen LogP contribution in [0.4, 0.5) is 8.78 Å². The summed E-state index contributed by atoms with van der Waals surface area (Å²) in [5.74, 6) is -1.99. The van der Waals surface area contributed by atoms with Crippen LogP contribution in [0, 0.1) is 11.6 Å². The maximum atomic E-state index is 13.2. The molecule has 0 aliphatic heterocycles. The highest BCUT2D eigenvalue weighted by molar-refractivity contribution is 5.77. The molecule has 0 spiro atoms. The van der Waals surface area contributed by atoms with Crippen molar-refractivity contribution in [1.29, 1.82) is 0 Å². The van der Waals surface area contributed by atoms with Crippen molar-refractivity contribution in [2.24, 2.45) is 0 Å². The van der Waals surface area contributed by atoms with E-state index in [2.05, 4.69) is 24.1 Å². The topological polar surface area (TPSA) is 41.6 Å². The van der Waals surface area contributed by atoms with E-state index < -0.39 is 11.6 Å². The number of nitrogens with one attached hydrogen (secondary N) is 1.